The van der Waals surface area contributed by atoms with Crippen LogP contribution < -0.4 is 10.6 Å². The average molecular weight is 321 g/mol. The molecule has 0 aliphatic rings. The van der Waals surface area contributed by atoms with Gasteiger partial charge in [-0.1, -0.05) is 6.07 Å². The fourth-order valence-corrected chi connectivity index (χ4v) is 2.85. The maximum atomic E-state index is 12.1. The van der Waals surface area contributed by atoms with Crippen molar-refractivity contribution in [3.05, 3.63) is 34.5 Å². The summed E-state index contributed by atoms with van der Waals surface area (Å²) in [4.78, 5) is 24.4. The molecule has 0 spiro atoms. The molecule has 0 unspecified atom stereocenters. The van der Waals surface area contributed by atoms with Gasteiger partial charge in [-0.2, -0.15) is 0 Å². The van der Waals surface area contributed by atoms with Gasteiger partial charge < -0.3 is 15.2 Å². The fourth-order valence-electron chi connectivity index (χ4n) is 2.07. The summed E-state index contributed by atoms with van der Waals surface area (Å²) in [6, 6.07) is 3.50. The molecule has 0 saturated heterocycles. The van der Waals surface area contributed by atoms with Gasteiger partial charge in [0, 0.05) is 18.3 Å². The average Bonchev–Trinajstić information content (AvgIpc) is 3.15. The van der Waals surface area contributed by atoms with Crippen molar-refractivity contribution in [2.45, 2.75) is 39.4 Å². The zero-order chi connectivity index (χ0) is 15.9. The molecule has 0 fully saturated rings. The molecular weight excluding hydrogens is 302 g/mol. The molecule has 0 aromatic carbocycles. The minimum Gasteiger partial charge on any atom is -0.349 e. The lowest BCUT2D eigenvalue weighted by atomic mass is 10.1. The van der Waals surface area contributed by atoms with Gasteiger partial charge in [-0.05, 0) is 18.4 Å². The number of amides is 2. The van der Waals surface area contributed by atoms with Crippen molar-refractivity contribution in [2.24, 2.45) is 0 Å². The van der Waals surface area contributed by atoms with Crippen LogP contribution in [0.25, 0.3) is 0 Å². The van der Waals surface area contributed by atoms with E-state index >= 15 is 0 Å². The maximum absolute atomic E-state index is 12.1. The number of aromatic nitrogens is 3. The molecule has 118 valence electrons. The number of nitrogens with one attached hydrogen (secondary N) is 2. The van der Waals surface area contributed by atoms with Crippen LogP contribution in [-0.2, 0) is 22.7 Å². The molecule has 22 heavy (non-hydrogen) atoms. The lowest BCUT2D eigenvalue weighted by molar-refractivity contribution is -0.122. The summed E-state index contributed by atoms with van der Waals surface area (Å²) in [6.07, 6.45) is 1.83. The predicted octanol–water partition coefficient (Wildman–Crippen LogP) is 1.24. The Morgan fingerprint density at radius 3 is 2.91 bits per heavy atom. The van der Waals surface area contributed by atoms with Gasteiger partial charge in [-0.15, -0.1) is 21.5 Å². The molecule has 8 heteroatoms. The Hall–Kier alpha value is -2.22. The Bertz CT molecular complexity index is 623. The van der Waals surface area contributed by atoms with E-state index in [2.05, 4.69) is 20.8 Å². The van der Waals surface area contributed by atoms with Gasteiger partial charge in [0.2, 0.25) is 11.8 Å². The van der Waals surface area contributed by atoms with Crippen molar-refractivity contribution in [3.8, 4) is 0 Å². The molecule has 1 atom stereocenters. The van der Waals surface area contributed by atoms with Crippen molar-refractivity contribution < 1.29 is 9.59 Å². The van der Waals surface area contributed by atoms with Gasteiger partial charge in [-0.25, -0.2) is 0 Å². The molecule has 7 nitrogen and oxygen atoms in total. The van der Waals surface area contributed by atoms with Crippen LogP contribution in [0.1, 0.15) is 37.0 Å². The number of thiophene rings is 1. The van der Waals surface area contributed by atoms with Crippen molar-refractivity contribution >= 4 is 23.2 Å². The maximum Gasteiger partial charge on any atom is 0.222 e. The third kappa shape index (κ3) is 4.39. The molecule has 0 radical (unpaired) electrons. The van der Waals surface area contributed by atoms with E-state index in [0.717, 1.165) is 11.4 Å². The summed E-state index contributed by atoms with van der Waals surface area (Å²) in [5, 5.41) is 15.3. The quantitative estimate of drug-likeness (QED) is 0.803. The molecule has 2 rings (SSSR count). The summed E-state index contributed by atoms with van der Waals surface area (Å²) in [7, 11) is 0. The minimum absolute atomic E-state index is 0.141. The molecular formula is C14H19N5O2S. The smallest absolute Gasteiger partial charge is 0.222 e. The number of rotatable bonds is 7. The van der Waals surface area contributed by atoms with Gasteiger partial charge in [0.25, 0.3) is 0 Å². The van der Waals surface area contributed by atoms with E-state index in [1.807, 2.05) is 29.0 Å². The van der Waals surface area contributed by atoms with Crippen LogP contribution in [-0.4, -0.2) is 26.6 Å². The van der Waals surface area contributed by atoms with Crippen molar-refractivity contribution in [3.63, 3.8) is 0 Å². The number of aryl methyl sites for hydroxylation is 1. The first kappa shape index (κ1) is 16.2. The first-order valence-electron chi connectivity index (χ1n) is 7.04. The fraction of sp³-hybridized carbons (Fsp3) is 0.429. The SMILES string of the molecule is CCn1cnnc1CNC(=O)C[C@@H](NC(C)=O)c1cccs1. The van der Waals surface area contributed by atoms with Gasteiger partial charge in [0.1, 0.15) is 6.33 Å². The van der Waals surface area contributed by atoms with Gasteiger partial charge in [-0.3, -0.25) is 9.59 Å². The largest absolute Gasteiger partial charge is 0.349 e. The predicted molar refractivity (Wildman–Crippen MR) is 83.0 cm³/mol. The van der Waals surface area contributed by atoms with E-state index in [1.165, 1.54) is 18.3 Å². The Morgan fingerprint density at radius 2 is 2.27 bits per heavy atom. The Kier molecular flexibility index (Phi) is 5.65. The lowest BCUT2D eigenvalue weighted by Crippen LogP contribution is -2.32. The standard InChI is InChI=1S/C14H19N5O2S/c1-3-19-9-16-18-13(19)8-15-14(21)7-11(17-10(2)20)12-5-4-6-22-12/h4-6,9,11H,3,7-8H2,1-2H3,(H,15,21)(H,17,20)/t11-/m1/s1. The summed E-state index contributed by atoms with van der Waals surface area (Å²) in [6.45, 7) is 4.51. The van der Waals surface area contributed by atoms with E-state index in [0.29, 0.717) is 12.4 Å². The Labute approximate surface area is 132 Å². The summed E-state index contributed by atoms with van der Waals surface area (Å²) in [5.41, 5.74) is 0. The highest BCUT2D eigenvalue weighted by molar-refractivity contribution is 7.10. The second kappa shape index (κ2) is 7.69. The van der Waals surface area contributed by atoms with Crippen molar-refractivity contribution in [2.75, 3.05) is 0 Å². The van der Waals surface area contributed by atoms with Gasteiger partial charge in [0.15, 0.2) is 5.82 Å². The third-order valence-electron chi connectivity index (χ3n) is 3.13. The Balaban J connectivity index is 1.92. The van der Waals surface area contributed by atoms with E-state index in [-0.39, 0.29) is 24.3 Å². The first-order chi connectivity index (χ1) is 10.6. The number of carbonyl (C=O) groups excluding carboxylic acids is 2. The first-order valence-corrected chi connectivity index (χ1v) is 7.92. The van der Waals surface area contributed by atoms with Crippen LogP contribution in [0.15, 0.2) is 23.8 Å². The van der Waals surface area contributed by atoms with Crippen LogP contribution in [0.3, 0.4) is 0 Å². The lowest BCUT2D eigenvalue weighted by Gasteiger charge is -2.16. The highest BCUT2D eigenvalue weighted by atomic mass is 32.1. The molecule has 0 aliphatic heterocycles. The molecule has 2 heterocycles. The van der Waals surface area contributed by atoms with Crippen LogP contribution in [0.4, 0.5) is 0 Å². The molecule has 0 aliphatic carbocycles. The van der Waals surface area contributed by atoms with Crippen LogP contribution in [0.2, 0.25) is 0 Å². The molecule has 2 aromatic heterocycles. The molecule has 2 N–H and O–H groups in total. The number of carbonyl (C=O) groups is 2. The molecule has 0 bridgehead atoms. The normalized spacial score (nSPS) is 11.9. The number of nitrogens with zero attached hydrogens (tertiary/aromatic N) is 3. The topological polar surface area (TPSA) is 88.9 Å². The zero-order valence-electron chi connectivity index (χ0n) is 12.6. The van der Waals surface area contributed by atoms with Crippen LogP contribution >= 0.6 is 11.3 Å². The third-order valence-corrected chi connectivity index (χ3v) is 4.12. The van der Waals surface area contributed by atoms with E-state index in [4.69, 9.17) is 0 Å². The second-order valence-electron chi connectivity index (χ2n) is 4.78. The van der Waals surface area contributed by atoms with Gasteiger partial charge in [0.05, 0.1) is 19.0 Å². The van der Waals surface area contributed by atoms with Crippen molar-refractivity contribution in [1.82, 2.24) is 25.4 Å². The van der Waals surface area contributed by atoms with Gasteiger partial charge >= 0.3 is 0 Å². The van der Waals surface area contributed by atoms with Crippen molar-refractivity contribution in [1.29, 1.82) is 0 Å². The highest BCUT2D eigenvalue weighted by Gasteiger charge is 2.18. The molecule has 0 saturated carbocycles. The molecule has 2 aromatic rings. The number of hydrogen-bond donors (Lipinski definition) is 2. The second-order valence-corrected chi connectivity index (χ2v) is 5.76. The zero-order valence-corrected chi connectivity index (χ0v) is 13.4. The highest BCUT2D eigenvalue weighted by Crippen LogP contribution is 2.21. The summed E-state index contributed by atoms with van der Waals surface area (Å²) in [5.74, 6) is 0.415. The monoisotopic (exact) mass is 321 g/mol. The van der Waals surface area contributed by atoms with E-state index in [1.54, 1.807) is 6.33 Å². The van der Waals surface area contributed by atoms with E-state index < -0.39 is 0 Å². The number of hydrogen-bond acceptors (Lipinski definition) is 5. The minimum atomic E-state index is -0.304. The molecule has 2 amide bonds. The Morgan fingerprint density at radius 1 is 1.45 bits per heavy atom. The summed E-state index contributed by atoms with van der Waals surface area (Å²) < 4.78 is 1.87. The van der Waals surface area contributed by atoms with Crippen LogP contribution in [0, 0.1) is 0 Å². The van der Waals surface area contributed by atoms with Crippen LogP contribution in [0.5, 0.6) is 0 Å². The van der Waals surface area contributed by atoms with E-state index in [9.17, 15) is 9.59 Å². The summed E-state index contributed by atoms with van der Waals surface area (Å²) >= 11 is 1.52.